The van der Waals surface area contributed by atoms with Crippen LogP contribution in [0.2, 0.25) is 0 Å². The Kier molecular flexibility index (Phi) is 10.7. The average Bonchev–Trinajstić information content (AvgIpc) is 2.67. The second-order valence-corrected chi connectivity index (χ2v) is 6.24. The molecule has 0 spiro atoms. The summed E-state index contributed by atoms with van der Waals surface area (Å²) in [6, 6.07) is 15.6. The summed E-state index contributed by atoms with van der Waals surface area (Å²) < 4.78 is 5.64. The summed E-state index contributed by atoms with van der Waals surface area (Å²) >= 11 is 0. The lowest BCUT2D eigenvalue weighted by atomic mass is 10.1. The molecule has 0 atom stereocenters. The van der Waals surface area contributed by atoms with Crippen molar-refractivity contribution in [1.29, 1.82) is 0 Å². The number of para-hydroxylation sites is 1. The number of carbonyl (C=O) groups excluding carboxylic acids is 1. The van der Waals surface area contributed by atoms with Crippen LogP contribution >= 0.6 is 12.4 Å². The lowest BCUT2D eigenvalue weighted by Gasteiger charge is -2.14. The van der Waals surface area contributed by atoms with Crippen LogP contribution < -0.4 is 16.0 Å². The van der Waals surface area contributed by atoms with Gasteiger partial charge in [-0.2, -0.15) is 0 Å². The van der Waals surface area contributed by atoms with Gasteiger partial charge in [-0.05, 0) is 37.0 Å². The van der Waals surface area contributed by atoms with E-state index in [0.29, 0.717) is 25.7 Å². The van der Waals surface area contributed by atoms with Crippen molar-refractivity contribution in [2.75, 3.05) is 25.5 Å². The van der Waals surface area contributed by atoms with Gasteiger partial charge in [-0.3, -0.25) is 10.3 Å². The molecule has 0 aliphatic heterocycles. The van der Waals surface area contributed by atoms with Gasteiger partial charge in [0.2, 0.25) is 0 Å². The second kappa shape index (κ2) is 12.8. The van der Waals surface area contributed by atoms with Crippen molar-refractivity contribution in [3.05, 3.63) is 65.2 Å². The van der Waals surface area contributed by atoms with E-state index in [2.05, 4.69) is 20.9 Å². The Bertz CT molecular complexity index is 746. The Labute approximate surface area is 173 Å². The van der Waals surface area contributed by atoms with Crippen LogP contribution in [0.5, 0.6) is 0 Å². The monoisotopic (exact) mass is 404 g/mol. The van der Waals surface area contributed by atoms with E-state index in [4.69, 9.17) is 4.74 Å². The van der Waals surface area contributed by atoms with Crippen molar-refractivity contribution in [2.24, 2.45) is 4.99 Å². The third kappa shape index (κ3) is 7.98. The molecule has 152 valence electrons. The van der Waals surface area contributed by atoms with E-state index in [-0.39, 0.29) is 18.4 Å². The highest BCUT2D eigenvalue weighted by atomic mass is 35.5. The van der Waals surface area contributed by atoms with Crippen LogP contribution in [0.4, 0.5) is 10.5 Å². The number of hydrogen-bond donors (Lipinski definition) is 3. The molecular formula is C21H29ClN4O2. The number of benzene rings is 2. The van der Waals surface area contributed by atoms with Gasteiger partial charge in [-0.25, -0.2) is 4.79 Å². The Morgan fingerprint density at radius 1 is 1.04 bits per heavy atom. The fraction of sp³-hybridized carbons (Fsp3) is 0.333. The van der Waals surface area contributed by atoms with Crippen LogP contribution in [0.25, 0.3) is 0 Å². The van der Waals surface area contributed by atoms with Gasteiger partial charge in [0.05, 0.1) is 6.61 Å². The molecule has 0 fully saturated rings. The van der Waals surface area contributed by atoms with E-state index in [1.54, 1.807) is 7.05 Å². The number of anilines is 1. The number of ether oxygens (including phenoxy) is 1. The summed E-state index contributed by atoms with van der Waals surface area (Å²) in [5, 5.41) is 8.72. The first kappa shape index (κ1) is 23.5. The van der Waals surface area contributed by atoms with Crippen molar-refractivity contribution in [3.8, 4) is 0 Å². The molecule has 0 radical (unpaired) electrons. The molecule has 2 amide bonds. The number of urea groups is 1. The summed E-state index contributed by atoms with van der Waals surface area (Å²) in [5.41, 5.74) is 4.01. The first-order valence-electron chi connectivity index (χ1n) is 9.06. The molecular weight excluding hydrogens is 376 g/mol. The zero-order valence-electron chi connectivity index (χ0n) is 16.6. The number of carbonyl (C=O) groups is 1. The molecule has 0 heterocycles. The van der Waals surface area contributed by atoms with Crippen molar-refractivity contribution >= 4 is 30.1 Å². The van der Waals surface area contributed by atoms with Gasteiger partial charge >= 0.3 is 6.03 Å². The van der Waals surface area contributed by atoms with Crippen LogP contribution in [-0.2, 0) is 11.3 Å². The zero-order valence-corrected chi connectivity index (χ0v) is 17.4. The fourth-order valence-corrected chi connectivity index (χ4v) is 2.59. The molecule has 2 aromatic carbocycles. The average molecular weight is 405 g/mol. The first-order chi connectivity index (χ1) is 13.1. The zero-order chi connectivity index (χ0) is 19.5. The Morgan fingerprint density at radius 3 is 2.36 bits per heavy atom. The molecule has 0 aliphatic carbocycles. The predicted molar refractivity (Wildman–Crippen MR) is 117 cm³/mol. The largest absolute Gasteiger partial charge is 0.377 e. The number of guanidine groups is 1. The molecule has 2 aromatic rings. The number of hydrogen-bond acceptors (Lipinski definition) is 3. The quantitative estimate of drug-likeness (QED) is 0.370. The maximum Gasteiger partial charge on any atom is 0.326 e. The molecule has 0 aromatic heterocycles. The van der Waals surface area contributed by atoms with Crippen molar-refractivity contribution in [3.63, 3.8) is 0 Å². The van der Waals surface area contributed by atoms with Gasteiger partial charge in [0.15, 0.2) is 5.96 Å². The highest BCUT2D eigenvalue weighted by Gasteiger charge is 2.09. The van der Waals surface area contributed by atoms with Crippen LogP contribution in [0.15, 0.2) is 53.5 Å². The van der Waals surface area contributed by atoms with Gasteiger partial charge in [0.1, 0.15) is 0 Å². The number of halogens is 1. The maximum atomic E-state index is 12.2. The number of nitrogens with zero attached hydrogens (tertiary/aromatic N) is 1. The fourth-order valence-electron chi connectivity index (χ4n) is 2.59. The molecule has 7 heteroatoms. The minimum absolute atomic E-state index is 0. The first-order valence-corrected chi connectivity index (χ1v) is 9.06. The number of amides is 2. The van der Waals surface area contributed by atoms with Crippen LogP contribution in [0.1, 0.15) is 23.1 Å². The number of nitrogens with one attached hydrogen (secondary N) is 3. The summed E-state index contributed by atoms with van der Waals surface area (Å²) in [6.07, 6.45) is 0.812. The van der Waals surface area contributed by atoms with Crippen LogP contribution in [-0.4, -0.2) is 32.2 Å². The van der Waals surface area contributed by atoms with Crippen LogP contribution in [0.3, 0.4) is 0 Å². The molecule has 0 bridgehead atoms. The van der Waals surface area contributed by atoms with Crippen LogP contribution in [0, 0.1) is 13.8 Å². The van der Waals surface area contributed by atoms with Crippen molar-refractivity contribution in [1.82, 2.24) is 10.6 Å². The lowest BCUT2D eigenvalue weighted by Crippen LogP contribution is -2.43. The van der Waals surface area contributed by atoms with E-state index in [1.165, 1.54) is 0 Å². The Balaban J connectivity index is 0.00000392. The minimum Gasteiger partial charge on any atom is -0.377 e. The van der Waals surface area contributed by atoms with E-state index >= 15 is 0 Å². The standard InChI is InChI=1S/C21H28N4O2.ClH/c1-16-9-7-10-17(2)19(16)24-21(26)25-20(22-3)23-13-8-14-27-15-18-11-5-4-6-12-18;/h4-7,9-12H,8,13-15H2,1-3H3,(H3,22,23,24,25,26);1H. The number of aryl methyl sites for hydroxylation is 2. The van der Waals surface area contributed by atoms with Crippen molar-refractivity contribution in [2.45, 2.75) is 26.9 Å². The van der Waals surface area contributed by atoms with E-state index in [0.717, 1.165) is 28.8 Å². The second-order valence-electron chi connectivity index (χ2n) is 6.24. The lowest BCUT2D eigenvalue weighted by molar-refractivity contribution is 0.119. The molecule has 6 nitrogen and oxygen atoms in total. The number of rotatable bonds is 7. The van der Waals surface area contributed by atoms with Gasteiger partial charge in [-0.1, -0.05) is 48.5 Å². The summed E-state index contributed by atoms with van der Waals surface area (Å²) in [7, 11) is 1.63. The third-order valence-corrected chi connectivity index (χ3v) is 4.04. The van der Waals surface area contributed by atoms with Gasteiger partial charge in [0, 0.05) is 25.9 Å². The topological polar surface area (TPSA) is 74.8 Å². The van der Waals surface area contributed by atoms with Gasteiger partial charge < -0.3 is 15.4 Å². The molecule has 0 saturated heterocycles. The Morgan fingerprint density at radius 2 is 1.71 bits per heavy atom. The molecule has 0 unspecified atom stereocenters. The molecule has 3 N–H and O–H groups in total. The Hall–Kier alpha value is -2.57. The molecule has 2 rings (SSSR count). The molecule has 0 aliphatic rings. The van der Waals surface area contributed by atoms with Crippen molar-refractivity contribution < 1.29 is 9.53 Å². The van der Waals surface area contributed by atoms with E-state index in [1.807, 2.05) is 62.4 Å². The summed E-state index contributed by atoms with van der Waals surface area (Å²) in [6.45, 7) is 5.82. The molecule has 28 heavy (non-hydrogen) atoms. The van der Waals surface area contributed by atoms with E-state index < -0.39 is 0 Å². The van der Waals surface area contributed by atoms with Gasteiger partial charge in [0.25, 0.3) is 0 Å². The van der Waals surface area contributed by atoms with E-state index in [9.17, 15) is 4.79 Å². The third-order valence-electron chi connectivity index (χ3n) is 4.04. The normalized spacial score (nSPS) is 10.8. The molecule has 0 saturated carbocycles. The maximum absolute atomic E-state index is 12.2. The highest BCUT2D eigenvalue weighted by molar-refractivity contribution is 6.02. The predicted octanol–water partition coefficient (Wildman–Crippen LogP) is 4.03. The minimum atomic E-state index is -0.319. The summed E-state index contributed by atoms with van der Waals surface area (Å²) in [5.74, 6) is 0.432. The smallest absolute Gasteiger partial charge is 0.326 e. The van der Waals surface area contributed by atoms with Gasteiger partial charge in [-0.15, -0.1) is 12.4 Å². The number of aliphatic imine (C=N–C) groups is 1. The highest BCUT2D eigenvalue weighted by Crippen LogP contribution is 2.18. The SMILES string of the molecule is CN=C(NCCCOCc1ccccc1)NC(=O)Nc1c(C)cccc1C.Cl. The summed E-state index contributed by atoms with van der Waals surface area (Å²) in [4.78, 5) is 16.3.